The monoisotopic (exact) mass is 441 g/mol. The summed E-state index contributed by atoms with van der Waals surface area (Å²) in [6.45, 7) is 4.32. The minimum absolute atomic E-state index is 0.0197. The van der Waals surface area contributed by atoms with E-state index < -0.39 is 18.5 Å². The molecular formula is C22H23N3O5S. The second-order valence-corrected chi connectivity index (χ2v) is 7.13. The third kappa shape index (κ3) is 6.51. The summed E-state index contributed by atoms with van der Waals surface area (Å²) in [6.07, 6.45) is 1.67. The van der Waals surface area contributed by atoms with Gasteiger partial charge < -0.3 is 19.5 Å². The topological polar surface area (TPSA) is 99.6 Å². The van der Waals surface area contributed by atoms with Crippen LogP contribution in [0, 0.1) is 0 Å². The number of amides is 1. The van der Waals surface area contributed by atoms with E-state index in [0.717, 1.165) is 10.7 Å². The summed E-state index contributed by atoms with van der Waals surface area (Å²) < 4.78 is 16.1. The van der Waals surface area contributed by atoms with Gasteiger partial charge in [-0.3, -0.25) is 14.6 Å². The number of aromatic nitrogens is 2. The van der Waals surface area contributed by atoms with Crippen LogP contribution in [-0.4, -0.2) is 41.7 Å². The van der Waals surface area contributed by atoms with E-state index in [1.54, 1.807) is 29.8 Å². The van der Waals surface area contributed by atoms with E-state index in [1.807, 2.05) is 32.0 Å². The maximum absolute atomic E-state index is 12.2. The van der Waals surface area contributed by atoms with Gasteiger partial charge in [0.1, 0.15) is 5.01 Å². The van der Waals surface area contributed by atoms with Gasteiger partial charge in [-0.05, 0) is 38.1 Å². The minimum Gasteiger partial charge on any atom is -0.490 e. The number of ether oxygens (including phenoxy) is 3. The van der Waals surface area contributed by atoms with E-state index in [0.29, 0.717) is 36.1 Å². The number of rotatable bonds is 10. The van der Waals surface area contributed by atoms with Crippen LogP contribution < -0.4 is 14.8 Å². The molecule has 2 heterocycles. The van der Waals surface area contributed by atoms with Crippen molar-refractivity contribution in [1.82, 2.24) is 9.97 Å². The number of pyridine rings is 1. The number of hydrogen-bond donors (Lipinski definition) is 1. The van der Waals surface area contributed by atoms with Crippen molar-refractivity contribution < 1.29 is 23.8 Å². The van der Waals surface area contributed by atoms with Gasteiger partial charge in [-0.1, -0.05) is 6.07 Å². The second kappa shape index (κ2) is 11.1. The van der Waals surface area contributed by atoms with Crippen molar-refractivity contribution in [3.05, 3.63) is 53.7 Å². The first-order chi connectivity index (χ1) is 15.1. The molecule has 1 amide bonds. The highest BCUT2D eigenvalue weighted by atomic mass is 32.1. The van der Waals surface area contributed by atoms with Gasteiger partial charge in [0.25, 0.3) is 5.91 Å². The molecule has 0 bridgehead atoms. The van der Waals surface area contributed by atoms with Crippen molar-refractivity contribution >= 4 is 28.9 Å². The van der Waals surface area contributed by atoms with Crippen molar-refractivity contribution in [2.75, 3.05) is 25.1 Å². The summed E-state index contributed by atoms with van der Waals surface area (Å²) in [5.74, 6) is 0.149. The number of carbonyl (C=O) groups is 2. The molecule has 0 aliphatic heterocycles. The lowest BCUT2D eigenvalue weighted by molar-refractivity contribution is -0.146. The standard InChI is InChI=1S/C22H23N3O5S/c1-3-28-18-9-8-15(11-19(18)29-4-2)24-20(26)13-30-21(27)12-16-14-31-22(25-16)17-7-5-6-10-23-17/h5-11,14H,3-4,12-13H2,1-2H3,(H,24,26). The van der Waals surface area contributed by atoms with E-state index in [2.05, 4.69) is 15.3 Å². The molecule has 8 nitrogen and oxygen atoms in total. The molecule has 3 aromatic rings. The number of anilines is 1. The first-order valence-corrected chi connectivity index (χ1v) is 10.7. The lowest BCUT2D eigenvalue weighted by Gasteiger charge is -2.13. The van der Waals surface area contributed by atoms with Crippen LogP contribution in [0.4, 0.5) is 5.69 Å². The molecule has 0 radical (unpaired) electrons. The zero-order valence-electron chi connectivity index (χ0n) is 17.3. The van der Waals surface area contributed by atoms with Gasteiger partial charge in [-0.25, -0.2) is 4.98 Å². The molecule has 0 spiro atoms. The first-order valence-electron chi connectivity index (χ1n) is 9.80. The number of benzene rings is 1. The Hall–Kier alpha value is -3.46. The molecule has 162 valence electrons. The Morgan fingerprint density at radius 1 is 1.06 bits per heavy atom. The van der Waals surface area contributed by atoms with Crippen LogP contribution in [-0.2, 0) is 20.7 Å². The van der Waals surface area contributed by atoms with E-state index in [4.69, 9.17) is 14.2 Å². The fourth-order valence-electron chi connectivity index (χ4n) is 2.67. The quantitative estimate of drug-likeness (QED) is 0.479. The van der Waals surface area contributed by atoms with Crippen LogP contribution >= 0.6 is 11.3 Å². The maximum atomic E-state index is 12.2. The molecule has 0 unspecified atom stereocenters. The minimum atomic E-state index is -0.533. The van der Waals surface area contributed by atoms with Crippen LogP contribution in [0.5, 0.6) is 11.5 Å². The van der Waals surface area contributed by atoms with Crippen molar-refractivity contribution in [2.45, 2.75) is 20.3 Å². The van der Waals surface area contributed by atoms with Crippen molar-refractivity contribution in [3.63, 3.8) is 0 Å². The number of carbonyl (C=O) groups excluding carboxylic acids is 2. The molecule has 31 heavy (non-hydrogen) atoms. The molecule has 0 fully saturated rings. The average molecular weight is 442 g/mol. The highest BCUT2D eigenvalue weighted by Gasteiger charge is 2.13. The average Bonchev–Trinajstić information content (AvgIpc) is 3.23. The fraction of sp³-hybridized carbons (Fsp3) is 0.273. The lowest BCUT2D eigenvalue weighted by atomic mass is 10.2. The smallest absolute Gasteiger partial charge is 0.312 e. The second-order valence-electron chi connectivity index (χ2n) is 6.27. The summed E-state index contributed by atoms with van der Waals surface area (Å²) in [4.78, 5) is 32.9. The van der Waals surface area contributed by atoms with Crippen molar-refractivity contribution in [3.8, 4) is 22.2 Å². The molecule has 9 heteroatoms. The van der Waals surface area contributed by atoms with Gasteiger partial charge in [0.15, 0.2) is 18.1 Å². The van der Waals surface area contributed by atoms with E-state index in [1.165, 1.54) is 11.3 Å². The molecule has 1 N–H and O–H groups in total. The maximum Gasteiger partial charge on any atom is 0.312 e. The Morgan fingerprint density at radius 2 is 1.87 bits per heavy atom. The number of nitrogens with zero attached hydrogens (tertiary/aromatic N) is 2. The van der Waals surface area contributed by atoms with Crippen LogP contribution in [0.1, 0.15) is 19.5 Å². The molecule has 0 aliphatic carbocycles. The summed E-state index contributed by atoms with van der Waals surface area (Å²) in [5.41, 5.74) is 1.84. The molecule has 0 atom stereocenters. The summed E-state index contributed by atoms with van der Waals surface area (Å²) in [5, 5.41) is 5.18. The SMILES string of the molecule is CCOc1ccc(NC(=O)COC(=O)Cc2csc(-c3ccccn3)n2)cc1OCC. The van der Waals surface area contributed by atoms with Gasteiger partial charge in [0, 0.05) is 23.3 Å². The third-order valence-electron chi connectivity index (χ3n) is 3.95. The van der Waals surface area contributed by atoms with E-state index >= 15 is 0 Å². The molecule has 0 saturated heterocycles. The summed E-state index contributed by atoms with van der Waals surface area (Å²) in [6, 6.07) is 10.6. The first kappa shape index (κ1) is 22.2. The molecule has 3 rings (SSSR count). The van der Waals surface area contributed by atoms with Crippen molar-refractivity contribution in [1.29, 1.82) is 0 Å². The number of esters is 1. The molecule has 1 aromatic carbocycles. The molecular weight excluding hydrogens is 418 g/mol. The number of nitrogens with one attached hydrogen (secondary N) is 1. The van der Waals surface area contributed by atoms with Crippen LogP contribution in [0.25, 0.3) is 10.7 Å². The normalized spacial score (nSPS) is 10.4. The summed E-state index contributed by atoms with van der Waals surface area (Å²) in [7, 11) is 0. The zero-order valence-corrected chi connectivity index (χ0v) is 18.1. The van der Waals surface area contributed by atoms with E-state index in [-0.39, 0.29) is 6.42 Å². The van der Waals surface area contributed by atoms with Crippen LogP contribution in [0.15, 0.2) is 48.0 Å². The van der Waals surface area contributed by atoms with Gasteiger partial charge >= 0.3 is 5.97 Å². The fourth-order valence-corrected chi connectivity index (χ4v) is 3.46. The number of hydrogen-bond acceptors (Lipinski definition) is 8. The van der Waals surface area contributed by atoms with Gasteiger partial charge in [0.2, 0.25) is 0 Å². The van der Waals surface area contributed by atoms with Crippen LogP contribution in [0.2, 0.25) is 0 Å². The zero-order chi connectivity index (χ0) is 22.1. The Morgan fingerprint density at radius 3 is 2.61 bits per heavy atom. The molecule has 0 aliphatic rings. The predicted molar refractivity (Wildman–Crippen MR) is 117 cm³/mol. The Labute approximate surface area is 184 Å². The van der Waals surface area contributed by atoms with Crippen molar-refractivity contribution in [2.24, 2.45) is 0 Å². The van der Waals surface area contributed by atoms with E-state index in [9.17, 15) is 9.59 Å². The predicted octanol–water partition coefficient (Wildman–Crippen LogP) is 3.73. The number of thiazole rings is 1. The van der Waals surface area contributed by atoms with Gasteiger partial charge in [-0.2, -0.15) is 0 Å². The summed E-state index contributed by atoms with van der Waals surface area (Å²) >= 11 is 1.40. The largest absolute Gasteiger partial charge is 0.490 e. The molecule has 2 aromatic heterocycles. The van der Waals surface area contributed by atoms with Gasteiger partial charge in [-0.15, -0.1) is 11.3 Å². The van der Waals surface area contributed by atoms with Crippen LogP contribution in [0.3, 0.4) is 0 Å². The molecule has 0 saturated carbocycles. The Bertz CT molecular complexity index is 1020. The lowest BCUT2D eigenvalue weighted by Crippen LogP contribution is -2.21. The van der Waals surface area contributed by atoms with Gasteiger partial charge in [0.05, 0.1) is 31.0 Å². The Kier molecular flexibility index (Phi) is 7.94. The Balaban J connectivity index is 1.50. The highest BCUT2D eigenvalue weighted by molar-refractivity contribution is 7.13. The third-order valence-corrected chi connectivity index (χ3v) is 4.87. The highest BCUT2D eigenvalue weighted by Crippen LogP contribution is 2.30.